The molecule has 0 aromatic heterocycles. The quantitative estimate of drug-likeness (QED) is 0.444. The van der Waals surface area contributed by atoms with Crippen LogP contribution in [0.25, 0.3) is 0 Å². The Balaban J connectivity index is 2.54. The fourth-order valence-electron chi connectivity index (χ4n) is 1.75. The zero-order valence-electron chi connectivity index (χ0n) is 10.7. The summed E-state index contributed by atoms with van der Waals surface area (Å²) in [6, 6.07) is 0. The molecular formula is C11H18N4O4. The summed E-state index contributed by atoms with van der Waals surface area (Å²) in [7, 11) is 0. The molecule has 19 heavy (non-hydrogen) atoms. The molecule has 0 atom stereocenters. The van der Waals surface area contributed by atoms with E-state index < -0.39 is 11.8 Å². The highest BCUT2D eigenvalue weighted by atomic mass is 16.2. The predicted molar refractivity (Wildman–Crippen MR) is 65.7 cm³/mol. The number of hydrogen-bond donors (Lipinski definition) is 1. The normalized spacial score (nSPS) is 15.0. The molecule has 106 valence electrons. The largest absolute Gasteiger partial charge is 0.342 e. The molecule has 1 fully saturated rings. The van der Waals surface area contributed by atoms with E-state index in [0.29, 0.717) is 52.0 Å². The molecule has 0 spiro atoms. The van der Waals surface area contributed by atoms with Gasteiger partial charge >= 0.3 is 11.8 Å². The standard InChI is InChI=1S/C11H18N4O4/c12-2-1-3-15(9-17)11(19)10(18)14-6-4-13(8-16)5-7-14/h8-9H,1-7,12H2. The third kappa shape index (κ3) is 4.02. The Morgan fingerprint density at radius 2 is 1.79 bits per heavy atom. The van der Waals surface area contributed by atoms with Gasteiger partial charge < -0.3 is 15.5 Å². The van der Waals surface area contributed by atoms with E-state index in [0.717, 1.165) is 4.90 Å². The highest BCUT2D eigenvalue weighted by Gasteiger charge is 2.28. The minimum absolute atomic E-state index is 0.138. The number of carbonyl (C=O) groups is 4. The first kappa shape index (κ1) is 15.1. The second kappa shape index (κ2) is 7.47. The van der Waals surface area contributed by atoms with E-state index in [-0.39, 0.29) is 6.54 Å². The molecule has 1 rings (SSSR count). The molecule has 1 aliphatic rings. The van der Waals surface area contributed by atoms with Gasteiger partial charge in [0, 0.05) is 32.7 Å². The van der Waals surface area contributed by atoms with Crippen molar-refractivity contribution in [3.8, 4) is 0 Å². The van der Waals surface area contributed by atoms with Crippen molar-refractivity contribution in [2.24, 2.45) is 5.73 Å². The van der Waals surface area contributed by atoms with Crippen molar-refractivity contribution in [3.63, 3.8) is 0 Å². The highest BCUT2D eigenvalue weighted by molar-refractivity contribution is 6.36. The number of amides is 4. The van der Waals surface area contributed by atoms with Crippen molar-refractivity contribution in [1.82, 2.24) is 14.7 Å². The van der Waals surface area contributed by atoms with Gasteiger partial charge in [0.15, 0.2) is 0 Å². The second-order valence-electron chi connectivity index (χ2n) is 4.18. The molecule has 8 nitrogen and oxygen atoms in total. The molecule has 1 saturated heterocycles. The Kier molecular flexibility index (Phi) is 5.94. The van der Waals surface area contributed by atoms with Crippen molar-refractivity contribution >= 4 is 24.6 Å². The summed E-state index contributed by atoms with van der Waals surface area (Å²) >= 11 is 0. The van der Waals surface area contributed by atoms with Gasteiger partial charge in [0.2, 0.25) is 12.8 Å². The number of piperazine rings is 1. The molecule has 1 aliphatic heterocycles. The fourth-order valence-corrected chi connectivity index (χ4v) is 1.75. The molecule has 0 radical (unpaired) electrons. The van der Waals surface area contributed by atoms with E-state index >= 15 is 0 Å². The summed E-state index contributed by atoms with van der Waals surface area (Å²) in [5, 5.41) is 0. The summed E-state index contributed by atoms with van der Waals surface area (Å²) in [5.74, 6) is -1.56. The first-order chi connectivity index (χ1) is 9.13. The highest BCUT2D eigenvalue weighted by Crippen LogP contribution is 2.02. The molecule has 0 bridgehead atoms. The van der Waals surface area contributed by atoms with Crippen LogP contribution in [0.15, 0.2) is 0 Å². The molecule has 0 aromatic carbocycles. The smallest absolute Gasteiger partial charge is 0.318 e. The summed E-state index contributed by atoms with van der Waals surface area (Å²) in [4.78, 5) is 48.7. The van der Waals surface area contributed by atoms with Gasteiger partial charge in [0.1, 0.15) is 0 Å². The fraction of sp³-hybridized carbons (Fsp3) is 0.636. The Labute approximate surface area is 111 Å². The molecule has 0 unspecified atom stereocenters. The van der Waals surface area contributed by atoms with Gasteiger partial charge in [0.25, 0.3) is 0 Å². The molecule has 2 N–H and O–H groups in total. The average molecular weight is 270 g/mol. The Bertz CT molecular complexity index is 353. The predicted octanol–water partition coefficient (Wildman–Crippen LogP) is -2.38. The summed E-state index contributed by atoms with van der Waals surface area (Å²) < 4.78 is 0. The number of imide groups is 1. The maximum Gasteiger partial charge on any atom is 0.318 e. The molecule has 4 amide bonds. The second-order valence-corrected chi connectivity index (χ2v) is 4.18. The molecule has 0 saturated carbocycles. The average Bonchev–Trinajstić information content (AvgIpc) is 2.47. The lowest BCUT2D eigenvalue weighted by atomic mass is 10.3. The minimum Gasteiger partial charge on any atom is -0.342 e. The Morgan fingerprint density at radius 1 is 1.16 bits per heavy atom. The zero-order valence-corrected chi connectivity index (χ0v) is 10.7. The van der Waals surface area contributed by atoms with Crippen molar-refractivity contribution in [3.05, 3.63) is 0 Å². The lowest BCUT2D eigenvalue weighted by molar-refractivity contribution is -0.155. The first-order valence-corrected chi connectivity index (χ1v) is 6.08. The van der Waals surface area contributed by atoms with E-state index in [9.17, 15) is 19.2 Å². The topological polar surface area (TPSA) is 104 Å². The van der Waals surface area contributed by atoms with Crippen LogP contribution in [0.2, 0.25) is 0 Å². The van der Waals surface area contributed by atoms with Gasteiger partial charge in [-0.25, -0.2) is 0 Å². The van der Waals surface area contributed by atoms with Crippen LogP contribution >= 0.6 is 0 Å². The van der Waals surface area contributed by atoms with Gasteiger partial charge in [-0.05, 0) is 13.0 Å². The van der Waals surface area contributed by atoms with Gasteiger partial charge in [-0.1, -0.05) is 0 Å². The minimum atomic E-state index is -0.844. The summed E-state index contributed by atoms with van der Waals surface area (Å²) in [5.41, 5.74) is 5.29. The number of hydrogen-bond acceptors (Lipinski definition) is 5. The number of nitrogens with zero attached hydrogens (tertiary/aromatic N) is 3. The SMILES string of the molecule is NCCCN(C=O)C(=O)C(=O)N1CCN(C=O)CC1. The summed E-state index contributed by atoms with van der Waals surface area (Å²) in [6.07, 6.45) is 1.51. The van der Waals surface area contributed by atoms with Gasteiger partial charge in [0.05, 0.1) is 0 Å². The van der Waals surface area contributed by atoms with Crippen LogP contribution in [-0.2, 0) is 19.2 Å². The zero-order chi connectivity index (χ0) is 14.3. The first-order valence-electron chi connectivity index (χ1n) is 6.08. The molecule has 0 aromatic rings. The van der Waals surface area contributed by atoms with E-state index in [4.69, 9.17) is 5.73 Å². The van der Waals surface area contributed by atoms with Gasteiger partial charge in [-0.3, -0.25) is 24.1 Å². The van der Waals surface area contributed by atoms with E-state index in [1.54, 1.807) is 0 Å². The number of rotatable bonds is 5. The van der Waals surface area contributed by atoms with Gasteiger partial charge in [-0.15, -0.1) is 0 Å². The van der Waals surface area contributed by atoms with E-state index in [1.807, 2.05) is 0 Å². The van der Waals surface area contributed by atoms with Crippen molar-refractivity contribution in [2.75, 3.05) is 39.3 Å². The summed E-state index contributed by atoms with van der Waals surface area (Å²) in [6.45, 7) is 1.86. The van der Waals surface area contributed by atoms with E-state index in [2.05, 4.69) is 0 Å². The number of carbonyl (C=O) groups excluding carboxylic acids is 4. The Morgan fingerprint density at radius 3 is 2.26 bits per heavy atom. The van der Waals surface area contributed by atoms with Crippen LogP contribution in [0.1, 0.15) is 6.42 Å². The lowest BCUT2D eigenvalue weighted by Gasteiger charge is -2.32. The van der Waals surface area contributed by atoms with Crippen LogP contribution in [0, 0.1) is 0 Å². The van der Waals surface area contributed by atoms with Crippen LogP contribution in [0.4, 0.5) is 0 Å². The number of nitrogens with two attached hydrogens (primary N) is 1. The molecule has 0 aliphatic carbocycles. The van der Waals surface area contributed by atoms with Crippen molar-refractivity contribution in [1.29, 1.82) is 0 Å². The van der Waals surface area contributed by atoms with Crippen LogP contribution in [0.5, 0.6) is 0 Å². The Hall–Kier alpha value is -1.96. The van der Waals surface area contributed by atoms with Crippen LogP contribution < -0.4 is 5.73 Å². The molecule has 8 heteroatoms. The van der Waals surface area contributed by atoms with Crippen molar-refractivity contribution in [2.45, 2.75) is 6.42 Å². The van der Waals surface area contributed by atoms with Crippen LogP contribution in [0.3, 0.4) is 0 Å². The lowest BCUT2D eigenvalue weighted by Crippen LogP contribution is -2.53. The third-order valence-corrected chi connectivity index (χ3v) is 2.92. The van der Waals surface area contributed by atoms with Crippen molar-refractivity contribution < 1.29 is 19.2 Å². The molecule has 1 heterocycles. The monoisotopic (exact) mass is 270 g/mol. The van der Waals surface area contributed by atoms with E-state index in [1.165, 1.54) is 9.80 Å². The third-order valence-electron chi connectivity index (χ3n) is 2.92. The van der Waals surface area contributed by atoms with Gasteiger partial charge in [-0.2, -0.15) is 0 Å². The maximum absolute atomic E-state index is 11.9. The maximum atomic E-state index is 11.9. The van der Waals surface area contributed by atoms with Crippen LogP contribution in [-0.4, -0.2) is 78.6 Å². The molecular weight excluding hydrogens is 252 g/mol.